The number of anilines is 1. The lowest BCUT2D eigenvalue weighted by Crippen LogP contribution is -2.30. The van der Waals surface area contributed by atoms with Crippen LogP contribution in [0.15, 0.2) is 35.7 Å². The highest BCUT2D eigenvalue weighted by Gasteiger charge is 2.19. The predicted molar refractivity (Wildman–Crippen MR) is 99.1 cm³/mol. The van der Waals surface area contributed by atoms with E-state index < -0.39 is 18.0 Å². The zero-order valence-corrected chi connectivity index (χ0v) is 15.5. The lowest BCUT2D eigenvalue weighted by molar-refractivity contribution is -0.153. The number of benzene rings is 1. The third-order valence-electron chi connectivity index (χ3n) is 3.57. The molecule has 6 nitrogen and oxygen atoms in total. The molecule has 1 amide bonds. The maximum Gasteiger partial charge on any atom is 0.306 e. The first-order valence-corrected chi connectivity index (χ1v) is 9.11. The van der Waals surface area contributed by atoms with Crippen molar-refractivity contribution in [3.8, 4) is 11.8 Å². The van der Waals surface area contributed by atoms with Gasteiger partial charge in [-0.3, -0.25) is 9.59 Å². The number of thiophene rings is 1. The summed E-state index contributed by atoms with van der Waals surface area (Å²) in [5.74, 6) is -0.187. The minimum atomic E-state index is -0.946. The molecule has 0 fully saturated rings. The molecule has 0 aliphatic rings. The number of nitrogens with one attached hydrogen (secondary N) is 1. The van der Waals surface area contributed by atoms with Crippen molar-refractivity contribution in [3.05, 3.63) is 46.8 Å². The number of carbonyl (C=O) groups is 2. The Labute approximate surface area is 156 Å². The summed E-state index contributed by atoms with van der Waals surface area (Å²) in [7, 11) is 0. The Morgan fingerprint density at radius 3 is 2.81 bits per heavy atom. The molecule has 26 heavy (non-hydrogen) atoms. The highest BCUT2D eigenvalue weighted by molar-refractivity contribution is 7.14. The minimum absolute atomic E-state index is 0.143. The van der Waals surface area contributed by atoms with Crippen LogP contribution in [-0.4, -0.2) is 24.6 Å². The highest BCUT2D eigenvalue weighted by atomic mass is 32.1. The van der Waals surface area contributed by atoms with Gasteiger partial charge in [0.1, 0.15) is 16.8 Å². The van der Waals surface area contributed by atoms with E-state index in [2.05, 4.69) is 5.32 Å². The Hall–Kier alpha value is -2.85. The van der Waals surface area contributed by atoms with Crippen molar-refractivity contribution in [2.45, 2.75) is 32.8 Å². The predicted octanol–water partition coefficient (Wildman–Crippen LogP) is 3.52. The molecule has 0 aliphatic carbocycles. The summed E-state index contributed by atoms with van der Waals surface area (Å²) >= 11 is 1.24. The third-order valence-corrected chi connectivity index (χ3v) is 4.40. The lowest BCUT2D eigenvalue weighted by Gasteiger charge is -2.14. The van der Waals surface area contributed by atoms with Gasteiger partial charge >= 0.3 is 5.97 Å². The molecule has 0 aliphatic heterocycles. The van der Waals surface area contributed by atoms with Crippen molar-refractivity contribution < 1.29 is 19.1 Å². The number of hydrogen-bond donors (Lipinski definition) is 1. The number of carbonyl (C=O) groups excluding carboxylic acids is 2. The second-order valence-corrected chi connectivity index (χ2v) is 6.35. The summed E-state index contributed by atoms with van der Waals surface area (Å²) in [6.45, 7) is 3.95. The van der Waals surface area contributed by atoms with Gasteiger partial charge in [0.15, 0.2) is 6.10 Å². The normalized spacial score (nSPS) is 11.3. The van der Waals surface area contributed by atoms with Crippen LogP contribution in [0.5, 0.6) is 5.75 Å². The van der Waals surface area contributed by atoms with Crippen molar-refractivity contribution in [1.29, 1.82) is 5.26 Å². The van der Waals surface area contributed by atoms with Crippen LogP contribution in [0.25, 0.3) is 0 Å². The van der Waals surface area contributed by atoms with Crippen molar-refractivity contribution in [1.82, 2.24) is 0 Å². The summed E-state index contributed by atoms with van der Waals surface area (Å²) in [6, 6.07) is 11.1. The number of nitriles is 1. The Kier molecular flexibility index (Phi) is 7.18. The zero-order chi connectivity index (χ0) is 18.9. The molecule has 1 aromatic heterocycles. The number of hydrogen-bond acceptors (Lipinski definition) is 6. The Bertz CT molecular complexity index is 810. The average Bonchev–Trinajstić information content (AvgIpc) is 3.08. The van der Waals surface area contributed by atoms with E-state index in [4.69, 9.17) is 14.7 Å². The number of amides is 1. The van der Waals surface area contributed by atoms with Crippen molar-refractivity contribution >= 4 is 28.2 Å². The second kappa shape index (κ2) is 9.59. The second-order valence-electron chi connectivity index (χ2n) is 5.44. The first-order valence-electron chi connectivity index (χ1n) is 8.23. The fourth-order valence-corrected chi connectivity index (χ4v) is 3.00. The van der Waals surface area contributed by atoms with Gasteiger partial charge in [0.25, 0.3) is 5.91 Å². The molecule has 7 heteroatoms. The van der Waals surface area contributed by atoms with E-state index in [1.165, 1.54) is 18.3 Å². The molecule has 0 radical (unpaired) electrons. The molecule has 1 aromatic carbocycles. The van der Waals surface area contributed by atoms with Gasteiger partial charge in [-0.05, 0) is 43.3 Å². The van der Waals surface area contributed by atoms with Crippen LogP contribution >= 0.6 is 11.3 Å². The highest BCUT2D eigenvalue weighted by Crippen LogP contribution is 2.23. The maximum atomic E-state index is 12.1. The van der Waals surface area contributed by atoms with E-state index in [9.17, 15) is 9.59 Å². The number of nitrogens with zero attached hydrogens (tertiary/aromatic N) is 1. The molecule has 0 bridgehead atoms. The van der Waals surface area contributed by atoms with Gasteiger partial charge in [0.05, 0.1) is 12.2 Å². The van der Waals surface area contributed by atoms with Gasteiger partial charge in [-0.1, -0.05) is 18.2 Å². The van der Waals surface area contributed by atoms with Crippen LogP contribution in [-0.2, 0) is 20.7 Å². The molecule has 136 valence electrons. The summed E-state index contributed by atoms with van der Waals surface area (Å²) in [5, 5.41) is 13.7. The zero-order valence-electron chi connectivity index (χ0n) is 14.7. The molecule has 1 heterocycles. The first-order chi connectivity index (χ1) is 12.5. The van der Waals surface area contributed by atoms with E-state index in [0.29, 0.717) is 23.6 Å². The monoisotopic (exact) mass is 372 g/mol. The van der Waals surface area contributed by atoms with E-state index in [1.807, 2.05) is 37.3 Å². The van der Waals surface area contributed by atoms with Crippen LogP contribution in [0, 0.1) is 11.3 Å². The molecule has 0 saturated heterocycles. The fourth-order valence-electron chi connectivity index (χ4n) is 2.26. The van der Waals surface area contributed by atoms with E-state index in [0.717, 1.165) is 11.3 Å². The Morgan fingerprint density at radius 2 is 2.08 bits per heavy atom. The van der Waals surface area contributed by atoms with E-state index in [-0.39, 0.29) is 6.42 Å². The number of esters is 1. The minimum Gasteiger partial charge on any atom is -0.494 e. The van der Waals surface area contributed by atoms with E-state index in [1.54, 1.807) is 11.4 Å². The Balaban J connectivity index is 1.85. The summed E-state index contributed by atoms with van der Waals surface area (Å²) < 4.78 is 10.7. The van der Waals surface area contributed by atoms with Gasteiger partial charge in [-0.25, -0.2) is 0 Å². The van der Waals surface area contributed by atoms with Gasteiger partial charge in [-0.15, -0.1) is 11.3 Å². The number of rotatable bonds is 8. The average molecular weight is 372 g/mol. The Morgan fingerprint density at radius 1 is 1.31 bits per heavy atom. The van der Waals surface area contributed by atoms with Crippen LogP contribution in [0.4, 0.5) is 5.00 Å². The molecule has 0 spiro atoms. The number of para-hydroxylation sites is 1. The van der Waals surface area contributed by atoms with Gasteiger partial charge < -0.3 is 14.8 Å². The van der Waals surface area contributed by atoms with Gasteiger partial charge in [0.2, 0.25) is 0 Å². The molecule has 2 rings (SSSR count). The molecule has 1 N–H and O–H groups in total. The number of aryl methyl sites for hydroxylation is 1. The summed E-state index contributed by atoms with van der Waals surface area (Å²) in [4.78, 5) is 24.1. The van der Waals surface area contributed by atoms with Crippen LogP contribution in [0.3, 0.4) is 0 Å². The fraction of sp³-hybridized carbons (Fsp3) is 0.316. The van der Waals surface area contributed by atoms with Crippen molar-refractivity contribution in [2.75, 3.05) is 11.9 Å². The smallest absolute Gasteiger partial charge is 0.306 e. The third kappa shape index (κ3) is 5.33. The maximum absolute atomic E-state index is 12.1. The molecule has 0 saturated carbocycles. The summed E-state index contributed by atoms with van der Waals surface area (Å²) in [5.41, 5.74) is 1.30. The largest absolute Gasteiger partial charge is 0.494 e. The lowest BCUT2D eigenvalue weighted by atomic mass is 10.1. The molecular weight excluding hydrogens is 352 g/mol. The molecule has 2 aromatic rings. The molecule has 0 unspecified atom stereocenters. The molecule has 1 atom stereocenters. The van der Waals surface area contributed by atoms with Gasteiger partial charge in [0, 0.05) is 6.42 Å². The first kappa shape index (κ1) is 19.5. The topological polar surface area (TPSA) is 88.4 Å². The van der Waals surface area contributed by atoms with Crippen LogP contribution in [0.1, 0.15) is 31.4 Å². The van der Waals surface area contributed by atoms with Crippen molar-refractivity contribution in [2.24, 2.45) is 0 Å². The molecular formula is C19H20N2O4S. The van der Waals surface area contributed by atoms with Crippen molar-refractivity contribution in [3.63, 3.8) is 0 Å². The van der Waals surface area contributed by atoms with Crippen LogP contribution in [0.2, 0.25) is 0 Å². The summed E-state index contributed by atoms with van der Waals surface area (Å²) in [6.07, 6.45) is -0.338. The standard InChI is InChI=1S/C19H20N2O4S/c1-3-24-16-7-5-4-6-14(16)8-9-17(22)25-13(2)18(23)21-19-15(12-20)10-11-26-19/h4-7,10-11,13H,3,8-9H2,1-2H3,(H,21,23)/t13-/m1/s1. The van der Waals surface area contributed by atoms with Crippen LogP contribution < -0.4 is 10.1 Å². The van der Waals surface area contributed by atoms with Gasteiger partial charge in [-0.2, -0.15) is 5.26 Å². The SMILES string of the molecule is CCOc1ccccc1CCC(=O)O[C@H](C)C(=O)Nc1sccc1C#N. The van der Waals surface area contributed by atoms with E-state index >= 15 is 0 Å². The quantitative estimate of drug-likeness (QED) is 0.716. The number of ether oxygens (including phenoxy) is 2.